The van der Waals surface area contributed by atoms with E-state index in [2.05, 4.69) is 37.4 Å². The molecule has 2 heterocycles. The van der Waals surface area contributed by atoms with Gasteiger partial charge in [0.1, 0.15) is 23.6 Å². The van der Waals surface area contributed by atoms with Crippen molar-refractivity contribution in [1.29, 1.82) is 5.41 Å². The summed E-state index contributed by atoms with van der Waals surface area (Å²) < 4.78 is 47.8. The smallest absolute Gasteiger partial charge is 0.432 e. The molecule has 0 atom stereocenters. The summed E-state index contributed by atoms with van der Waals surface area (Å²) >= 11 is 6.81. The van der Waals surface area contributed by atoms with Crippen LogP contribution in [0.15, 0.2) is 84.8 Å². The number of fused-ring (bicyclic) bond motifs is 1. The molecule has 53 heavy (non-hydrogen) atoms. The lowest BCUT2D eigenvalue weighted by Crippen LogP contribution is -2.48. The summed E-state index contributed by atoms with van der Waals surface area (Å²) in [6, 6.07) is 13.7. The van der Waals surface area contributed by atoms with Crippen LogP contribution < -0.4 is 25.6 Å². The number of benzene rings is 3. The van der Waals surface area contributed by atoms with Crippen LogP contribution in [0.25, 0.3) is 10.9 Å². The van der Waals surface area contributed by atoms with E-state index in [1.807, 2.05) is 0 Å². The van der Waals surface area contributed by atoms with Gasteiger partial charge in [0.05, 0.1) is 18.2 Å². The van der Waals surface area contributed by atoms with Crippen LogP contribution in [0.3, 0.4) is 0 Å². The number of nitrogens with zero attached hydrogens (tertiary/aromatic N) is 4. The zero-order valence-electron chi connectivity index (χ0n) is 28.8. The van der Waals surface area contributed by atoms with Gasteiger partial charge in [0, 0.05) is 66.3 Å². The summed E-state index contributed by atoms with van der Waals surface area (Å²) in [4.78, 5) is 50.5. The molecule has 1 fully saturated rings. The third-order valence-electron chi connectivity index (χ3n) is 8.40. The summed E-state index contributed by atoms with van der Waals surface area (Å²) in [6.07, 6.45) is -1.63. The number of methoxy groups -OCH3 is 1. The number of allylic oxidation sites excluding steroid dienone is 1. The molecule has 1 aromatic heterocycles. The Morgan fingerprint density at radius 2 is 1.64 bits per heavy atom. The van der Waals surface area contributed by atoms with Gasteiger partial charge >= 0.3 is 6.18 Å². The lowest BCUT2D eigenvalue weighted by Gasteiger charge is -2.35. The Morgan fingerprint density at radius 3 is 2.25 bits per heavy atom. The molecule has 1 aliphatic rings. The van der Waals surface area contributed by atoms with Gasteiger partial charge in [-0.15, -0.1) is 0 Å². The molecule has 0 bridgehead atoms. The van der Waals surface area contributed by atoms with Gasteiger partial charge in [-0.3, -0.25) is 14.4 Å². The molecule has 4 N–H and O–H groups in total. The van der Waals surface area contributed by atoms with E-state index in [0.29, 0.717) is 71.0 Å². The first-order chi connectivity index (χ1) is 25.3. The second-order valence-corrected chi connectivity index (χ2v) is 12.3. The number of alkyl halides is 3. The van der Waals surface area contributed by atoms with Gasteiger partial charge in [0.15, 0.2) is 0 Å². The summed E-state index contributed by atoms with van der Waals surface area (Å²) in [7, 11) is 1.41. The van der Waals surface area contributed by atoms with Crippen molar-refractivity contribution in [3.63, 3.8) is 0 Å². The van der Waals surface area contributed by atoms with Crippen molar-refractivity contribution < 1.29 is 32.3 Å². The minimum Gasteiger partial charge on any atom is -0.497 e. The van der Waals surface area contributed by atoms with Gasteiger partial charge in [-0.25, -0.2) is 9.97 Å². The monoisotopic (exact) mass is 748 g/mol. The number of hydrogen-bond donors (Lipinski definition) is 4. The number of carbonyl (C=O) groups is 3. The van der Waals surface area contributed by atoms with Crippen LogP contribution in [0, 0.1) is 5.41 Å². The summed E-state index contributed by atoms with van der Waals surface area (Å²) in [5, 5.41) is 16.2. The molecule has 276 valence electrons. The molecule has 0 aliphatic carbocycles. The first kappa shape index (κ1) is 38.3. The van der Waals surface area contributed by atoms with Crippen LogP contribution in [-0.2, 0) is 20.8 Å². The van der Waals surface area contributed by atoms with E-state index in [1.165, 1.54) is 49.8 Å². The molecule has 0 unspecified atom stereocenters. The molecule has 0 saturated carbocycles. The maximum absolute atomic E-state index is 14.3. The highest BCUT2D eigenvalue weighted by atomic mass is 35.5. The van der Waals surface area contributed by atoms with Crippen LogP contribution in [-0.4, -0.2) is 78.3 Å². The van der Waals surface area contributed by atoms with Gasteiger partial charge < -0.3 is 35.9 Å². The zero-order valence-corrected chi connectivity index (χ0v) is 29.6. The largest absolute Gasteiger partial charge is 0.497 e. The Morgan fingerprint density at radius 1 is 0.962 bits per heavy atom. The molecule has 0 spiro atoms. The number of aromatic nitrogens is 2. The van der Waals surface area contributed by atoms with Crippen molar-refractivity contribution in [2.45, 2.75) is 25.9 Å². The molecule has 5 rings (SSSR count). The van der Waals surface area contributed by atoms with Crippen molar-refractivity contribution in [2.24, 2.45) is 0 Å². The van der Waals surface area contributed by atoms with E-state index < -0.39 is 23.4 Å². The molecule has 4 aromatic rings. The number of halogens is 4. The second kappa shape index (κ2) is 16.6. The number of carbonyl (C=O) groups excluding carboxylic acids is 3. The van der Waals surface area contributed by atoms with Crippen molar-refractivity contribution >= 4 is 69.3 Å². The zero-order chi connectivity index (χ0) is 38.3. The summed E-state index contributed by atoms with van der Waals surface area (Å²) in [5.74, 6) is -0.588. The molecule has 1 saturated heterocycles. The van der Waals surface area contributed by atoms with E-state index in [0.717, 1.165) is 0 Å². The number of nitrogens with one attached hydrogen (secondary N) is 4. The third-order valence-corrected chi connectivity index (χ3v) is 8.75. The Hall–Kier alpha value is -5.96. The Labute approximate surface area is 308 Å². The summed E-state index contributed by atoms with van der Waals surface area (Å²) in [6.45, 7) is 7.30. The van der Waals surface area contributed by atoms with Crippen LogP contribution in [0.2, 0.25) is 5.02 Å². The van der Waals surface area contributed by atoms with Crippen LogP contribution in [0.4, 0.5) is 36.1 Å². The highest BCUT2D eigenvalue weighted by molar-refractivity contribution is 6.32. The van der Waals surface area contributed by atoms with Gasteiger partial charge in [0.2, 0.25) is 11.8 Å². The average Bonchev–Trinajstić information content (AvgIpc) is 3.14. The number of amides is 3. The predicted molar refractivity (Wildman–Crippen MR) is 199 cm³/mol. The van der Waals surface area contributed by atoms with E-state index in [-0.39, 0.29) is 41.7 Å². The standard InChI is InChI=1S/C37H36ClF3N8O4/c1-4-32(50)45-25-15-22(14-23-17-31-28(19-30(23)38)35(44-21-43-31)49-12-10-48(11-13-49)33(51)5-2)16-26(18-25)47-36(52)29(20-42)34(37(39,40)41)46-24-6-8-27(53-3)9-7-24/h5-9,15-21,42,46H,2,4,10-14H2,1,3H3,(H,45,50)(H,47,52)/b34-29+,42-20?. The van der Waals surface area contributed by atoms with Crippen molar-refractivity contribution in [2.75, 3.05) is 54.1 Å². The first-order valence-electron chi connectivity index (χ1n) is 16.4. The minimum absolute atomic E-state index is 0.0177. The van der Waals surface area contributed by atoms with Crippen LogP contribution in [0.5, 0.6) is 5.75 Å². The second-order valence-electron chi connectivity index (χ2n) is 11.9. The molecule has 0 radical (unpaired) electrons. The molecule has 3 aromatic carbocycles. The Kier molecular flexibility index (Phi) is 12.0. The molecular formula is C37H36ClF3N8O4. The highest BCUT2D eigenvalue weighted by Crippen LogP contribution is 2.33. The molecular weight excluding hydrogens is 713 g/mol. The molecule has 1 aliphatic heterocycles. The molecule has 3 amide bonds. The van der Waals surface area contributed by atoms with E-state index in [1.54, 1.807) is 36.1 Å². The fraction of sp³-hybridized carbons (Fsp3) is 0.243. The number of anilines is 4. The number of rotatable bonds is 12. The van der Waals surface area contributed by atoms with Crippen LogP contribution >= 0.6 is 11.6 Å². The minimum atomic E-state index is -5.03. The van der Waals surface area contributed by atoms with Gasteiger partial charge in [-0.1, -0.05) is 25.1 Å². The highest BCUT2D eigenvalue weighted by Gasteiger charge is 2.38. The van der Waals surface area contributed by atoms with Crippen LogP contribution in [0.1, 0.15) is 24.5 Å². The average molecular weight is 749 g/mol. The first-order valence-corrected chi connectivity index (χ1v) is 16.8. The number of hydrogen-bond acceptors (Lipinski definition) is 9. The third kappa shape index (κ3) is 9.29. The lowest BCUT2D eigenvalue weighted by molar-refractivity contribution is -0.126. The molecule has 16 heteroatoms. The predicted octanol–water partition coefficient (Wildman–Crippen LogP) is 6.58. The summed E-state index contributed by atoms with van der Waals surface area (Å²) in [5.41, 5.74) is -0.239. The van der Waals surface area contributed by atoms with E-state index >= 15 is 0 Å². The van der Waals surface area contributed by atoms with E-state index in [4.69, 9.17) is 21.7 Å². The van der Waals surface area contributed by atoms with Gasteiger partial charge in [-0.05, 0) is 78.2 Å². The maximum Gasteiger partial charge on any atom is 0.432 e. The fourth-order valence-corrected chi connectivity index (χ4v) is 5.96. The Balaban J connectivity index is 1.45. The van der Waals surface area contributed by atoms with Gasteiger partial charge in [-0.2, -0.15) is 13.2 Å². The Bertz CT molecular complexity index is 2080. The fourth-order valence-electron chi connectivity index (χ4n) is 5.73. The maximum atomic E-state index is 14.3. The van der Waals surface area contributed by atoms with Crippen molar-refractivity contribution in [3.8, 4) is 5.75 Å². The normalized spacial score (nSPS) is 13.5. The lowest BCUT2D eigenvalue weighted by atomic mass is 10.0. The quantitative estimate of drug-likeness (QED) is 0.0937. The topological polar surface area (TPSA) is 153 Å². The molecule has 12 nitrogen and oxygen atoms in total. The van der Waals surface area contributed by atoms with E-state index in [9.17, 15) is 27.6 Å². The van der Waals surface area contributed by atoms with Crippen molar-refractivity contribution in [3.05, 3.63) is 101 Å². The number of ether oxygens (including phenoxy) is 1. The van der Waals surface area contributed by atoms with Gasteiger partial charge in [0.25, 0.3) is 5.91 Å². The van der Waals surface area contributed by atoms with Crippen molar-refractivity contribution in [1.82, 2.24) is 14.9 Å². The number of piperazine rings is 1. The SMILES string of the molecule is C=CC(=O)N1CCN(c2ncnc3cc(Cc4cc(NC(=O)CC)cc(NC(=O)/C(C=N)=C(/Nc5ccc(OC)cc5)C(F)(F)F)c4)c(Cl)cc23)CC1.